The van der Waals surface area contributed by atoms with Gasteiger partial charge in [0.1, 0.15) is 0 Å². The van der Waals surface area contributed by atoms with Crippen LogP contribution in [-0.2, 0) is 9.53 Å². The highest BCUT2D eigenvalue weighted by Gasteiger charge is 2.32. The number of fused-ring (bicyclic) bond motifs is 2. The summed E-state index contributed by atoms with van der Waals surface area (Å²) < 4.78 is 6.06. The van der Waals surface area contributed by atoms with Crippen LogP contribution in [0, 0.1) is 0 Å². The Morgan fingerprint density at radius 3 is 2.31 bits per heavy atom. The largest absolute Gasteiger partial charge is 0.375 e. The normalized spacial score (nSPS) is 20.5. The molecule has 0 spiro atoms. The highest BCUT2D eigenvalue weighted by molar-refractivity contribution is 6.18. The van der Waals surface area contributed by atoms with Crippen LogP contribution in [-0.4, -0.2) is 84.5 Å². The summed E-state index contributed by atoms with van der Waals surface area (Å²) in [4.78, 5) is 31.6. The molecule has 2 atom stereocenters. The van der Waals surface area contributed by atoms with Crippen LogP contribution in [0.25, 0.3) is 21.5 Å². The number of ether oxygens (including phenoxy) is 1. The zero-order valence-corrected chi connectivity index (χ0v) is 21.4. The summed E-state index contributed by atoms with van der Waals surface area (Å²) in [6, 6.07) is 19.2. The molecule has 0 N–H and O–H groups in total. The molecule has 2 aliphatic rings. The van der Waals surface area contributed by atoms with Gasteiger partial charge in [0.05, 0.1) is 18.3 Å². The molecule has 36 heavy (non-hydrogen) atoms. The van der Waals surface area contributed by atoms with Crippen molar-refractivity contribution in [3.8, 4) is 0 Å². The quantitative estimate of drug-likeness (QED) is 0.362. The van der Waals surface area contributed by atoms with Crippen LogP contribution < -0.4 is 0 Å². The third kappa shape index (κ3) is 4.97. The Morgan fingerprint density at radius 1 is 1.06 bits per heavy atom. The molecular weight excluding hydrogens is 450 g/mol. The first-order chi connectivity index (χ1) is 17.6. The van der Waals surface area contributed by atoms with Gasteiger partial charge in [0.2, 0.25) is 6.41 Å². The Balaban J connectivity index is 1.26. The molecule has 2 amide bonds. The molecule has 2 heterocycles. The van der Waals surface area contributed by atoms with Crippen molar-refractivity contribution in [2.24, 2.45) is 0 Å². The SMILES string of the molecule is CCN(C=O)C(C)CC1CN(C2CCN(C(=O)c3c4ccccc4cc4ccccc34)CC2)CCO1. The summed E-state index contributed by atoms with van der Waals surface area (Å²) in [5, 5.41) is 4.29. The van der Waals surface area contributed by atoms with Crippen LogP contribution in [0.5, 0.6) is 0 Å². The molecule has 0 aliphatic carbocycles. The van der Waals surface area contributed by atoms with Gasteiger partial charge in [0.25, 0.3) is 5.91 Å². The first-order valence-electron chi connectivity index (χ1n) is 13.4. The third-order valence-corrected chi connectivity index (χ3v) is 8.09. The number of benzene rings is 3. The number of hydrogen-bond donors (Lipinski definition) is 0. The van der Waals surface area contributed by atoms with E-state index >= 15 is 0 Å². The molecule has 0 radical (unpaired) electrons. The van der Waals surface area contributed by atoms with E-state index in [1.807, 2.05) is 41.0 Å². The van der Waals surface area contributed by atoms with E-state index in [4.69, 9.17) is 4.74 Å². The summed E-state index contributed by atoms with van der Waals surface area (Å²) in [5.41, 5.74) is 0.832. The van der Waals surface area contributed by atoms with Crippen LogP contribution in [0.3, 0.4) is 0 Å². The Hall–Kier alpha value is -2.96. The van der Waals surface area contributed by atoms with Crippen molar-refractivity contribution in [2.45, 2.75) is 51.3 Å². The number of morpholine rings is 1. The Labute approximate surface area is 213 Å². The van der Waals surface area contributed by atoms with Gasteiger partial charge in [-0.3, -0.25) is 14.5 Å². The molecule has 3 aromatic rings. The van der Waals surface area contributed by atoms with Crippen LogP contribution in [0.4, 0.5) is 0 Å². The molecule has 0 aromatic heterocycles. The second-order valence-corrected chi connectivity index (χ2v) is 10.2. The number of piperidine rings is 1. The number of carbonyl (C=O) groups excluding carboxylic acids is 2. The van der Waals surface area contributed by atoms with E-state index in [9.17, 15) is 9.59 Å². The average molecular weight is 488 g/mol. The van der Waals surface area contributed by atoms with Gasteiger partial charge in [0.15, 0.2) is 0 Å². The molecule has 2 saturated heterocycles. The monoisotopic (exact) mass is 487 g/mol. The van der Waals surface area contributed by atoms with Gasteiger partial charge in [-0.2, -0.15) is 0 Å². The summed E-state index contributed by atoms with van der Waals surface area (Å²) in [6.07, 6.45) is 3.90. The van der Waals surface area contributed by atoms with Gasteiger partial charge in [-0.05, 0) is 60.7 Å². The fraction of sp³-hybridized carbons (Fsp3) is 0.467. The fourth-order valence-electron chi connectivity index (χ4n) is 6.06. The fourth-order valence-corrected chi connectivity index (χ4v) is 6.06. The van der Waals surface area contributed by atoms with Crippen molar-refractivity contribution in [2.75, 3.05) is 39.3 Å². The Bertz CT molecular complexity index is 1170. The molecule has 2 aliphatic heterocycles. The molecule has 0 bridgehead atoms. The number of nitrogens with zero attached hydrogens (tertiary/aromatic N) is 3. The molecule has 5 rings (SSSR count). The molecular formula is C30H37N3O3. The van der Waals surface area contributed by atoms with Gasteiger partial charge in [-0.1, -0.05) is 48.5 Å². The Kier molecular flexibility index (Phi) is 7.54. The number of likely N-dealkylation sites (tertiary alicyclic amines) is 1. The van der Waals surface area contributed by atoms with E-state index in [1.165, 1.54) is 0 Å². The van der Waals surface area contributed by atoms with Crippen molar-refractivity contribution in [3.05, 3.63) is 60.2 Å². The topological polar surface area (TPSA) is 53.1 Å². The van der Waals surface area contributed by atoms with Crippen molar-refractivity contribution in [1.82, 2.24) is 14.7 Å². The van der Waals surface area contributed by atoms with Crippen LogP contribution in [0.15, 0.2) is 54.6 Å². The lowest BCUT2D eigenvalue weighted by atomic mass is 9.94. The predicted molar refractivity (Wildman–Crippen MR) is 144 cm³/mol. The van der Waals surface area contributed by atoms with E-state index in [1.54, 1.807) is 0 Å². The lowest BCUT2D eigenvalue weighted by molar-refractivity contribution is -0.121. The highest BCUT2D eigenvalue weighted by Crippen LogP contribution is 2.31. The first-order valence-corrected chi connectivity index (χ1v) is 13.4. The van der Waals surface area contributed by atoms with Crippen molar-refractivity contribution < 1.29 is 14.3 Å². The molecule has 6 heteroatoms. The van der Waals surface area contributed by atoms with E-state index < -0.39 is 0 Å². The standard InChI is InChI=1S/C30H37N3O3/c1-3-31(21-34)22(2)18-26-20-33(16-17-36-26)25-12-14-32(15-13-25)30(35)29-27-10-6-4-8-23(27)19-24-9-5-7-11-28(24)29/h4-11,19,21-22,25-26H,3,12-18,20H2,1-2H3. The molecule has 2 fully saturated rings. The lowest BCUT2D eigenvalue weighted by Crippen LogP contribution is -2.53. The molecule has 6 nitrogen and oxygen atoms in total. The van der Waals surface area contributed by atoms with Gasteiger partial charge < -0.3 is 14.5 Å². The maximum atomic E-state index is 13.9. The third-order valence-electron chi connectivity index (χ3n) is 8.09. The van der Waals surface area contributed by atoms with Crippen molar-refractivity contribution in [1.29, 1.82) is 0 Å². The maximum absolute atomic E-state index is 13.9. The average Bonchev–Trinajstić information content (AvgIpc) is 2.92. The van der Waals surface area contributed by atoms with E-state index in [2.05, 4.69) is 42.2 Å². The van der Waals surface area contributed by atoms with E-state index in [0.717, 1.165) is 92.1 Å². The molecule has 2 unspecified atom stereocenters. The van der Waals surface area contributed by atoms with Gasteiger partial charge >= 0.3 is 0 Å². The van der Waals surface area contributed by atoms with Gasteiger partial charge in [-0.25, -0.2) is 0 Å². The Morgan fingerprint density at radius 2 is 1.69 bits per heavy atom. The zero-order chi connectivity index (χ0) is 25.1. The predicted octanol–water partition coefficient (Wildman–Crippen LogP) is 4.56. The summed E-state index contributed by atoms with van der Waals surface area (Å²) >= 11 is 0. The molecule has 3 aromatic carbocycles. The number of carbonyl (C=O) groups is 2. The molecule has 0 saturated carbocycles. The number of hydrogen-bond acceptors (Lipinski definition) is 4. The summed E-state index contributed by atoms with van der Waals surface area (Å²) in [7, 11) is 0. The molecule has 190 valence electrons. The number of rotatable bonds is 7. The minimum atomic E-state index is 0.142. The van der Waals surface area contributed by atoms with E-state index in [-0.39, 0.29) is 18.1 Å². The number of amides is 2. The van der Waals surface area contributed by atoms with Crippen molar-refractivity contribution >= 4 is 33.9 Å². The summed E-state index contributed by atoms with van der Waals surface area (Å²) in [6.45, 7) is 8.93. The van der Waals surface area contributed by atoms with Gasteiger partial charge in [0, 0.05) is 44.8 Å². The van der Waals surface area contributed by atoms with Crippen molar-refractivity contribution in [3.63, 3.8) is 0 Å². The van der Waals surface area contributed by atoms with Gasteiger partial charge in [-0.15, -0.1) is 0 Å². The van der Waals surface area contributed by atoms with Crippen LogP contribution in [0.1, 0.15) is 43.5 Å². The second-order valence-electron chi connectivity index (χ2n) is 10.2. The minimum Gasteiger partial charge on any atom is -0.375 e. The first kappa shape index (κ1) is 24.7. The zero-order valence-electron chi connectivity index (χ0n) is 21.4. The summed E-state index contributed by atoms with van der Waals surface area (Å²) in [5.74, 6) is 0.142. The van der Waals surface area contributed by atoms with Crippen LogP contribution in [0.2, 0.25) is 0 Å². The highest BCUT2D eigenvalue weighted by atomic mass is 16.5. The van der Waals surface area contributed by atoms with Crippen LogP contribution >= 0.6 is 0 Å². The van der Waals surface area contributed by atoms with E-state index in [0.29, 0.717) is 6.04 Å². The second kappa shape index (κ2) is 11.0. The smallest absolute Gasteiger partial charge is 0.255 e. The minimum absolute atomic E-state index is 0.142. The lowest BCUT2D eigenvalue weighted by Gasteiger charge is -2.43. The maximum Gasteiger partial charge on any atom is 0.255 e.